The highest BCUT2D eigenvalue weighted by Gasteiger charge is 2.31. The van der Waals surface area contributed by atoms with Crippen LogP contribution in [-0.2, 0) is 11.0 Å². The number of carboxylic acids is 1. The maximum Gasteiger partial charge on any atom is 0.416 e. The molecule has 106 valence electrons. The number of benzene rings is 1. The molecule has 0 aliphatic carbocycles. The molecule has 1 N–H and O–H groups in total. The highest BCUT2D eigenvalue weighted by atomic mass is 19.4. The van der Waals surface area contributed by atoms with Crippen molar-refractivity contribution in [2.45, 2.75) is 32.5 Å². The molecule has 1 atom stereocenters. The topological polar surface area (TPSA) is 40.5 Å². The van der Waals surface area contributed by atoms with Gasteiger partial charge < -0.3 is 10.0 Å². The predicted octanol–water partition coefficient (Wildman–Crippen LogP) is 3.39. The highest BCUT2D eigenvalue weighted by molar-refractivity contribution is 5.77. The molecule has 6 heteroatoms. The minimum Gasteiger partial charge on any atom is -0.480 e. The van der Waals surface area contributed by atoms with Crippen LogP contribution in [0.3, 0.4) is 0 Å². The van der Waals surface area contributed by atoms with Crippen molar-refractivity contribution < 1.29 is 23.1 Å². The Labute approximate surface area is 109 Å². The van der Waals surface area contributed by atoms with E-state index in [4.69, 9.17) is 5.11 Å². The van der Waals surface area contributed by atoms with Gasteiger partial charge in [0.05, 0.1) is 5.56 Å². The monoisotopic (exact) mass is 275 g/mol. The molecule has 0 saturated heterocycles. The predicted molar refractivity (Wildman–Crippen MR) is 66.2 cm³/mol. The van der Waals surface area contributed by atoms with Crippen LogP contribution < -0.4 is 4.90 Å². The molecule has 1 aromatic rings. The molecule has 0 heterocycles. The molecule has 1 rings (SSSR count). The number of halogens is 3. The molecule has 0 radical (unpaired) electrons. The van der Waals surface area contributed by atoms with E-state index in [1.807, 2.05) is 6.92 Å². The maximum absolute atomic E-state index is 12.6. The summed E-state index contributed by atoms with van der Waals surface area (Å²) in [6.07, 6.45) is -3.78. The second-order valence-corrected chi connectivity index (χ2v) is 4.26. The van der Waals surface area contributed by atoms with E-state index in [1.54, 1.807) is 0 Å². The smallest absolute Gasteiger partial charge is 0.416 e. The fourth-order valence-corrected chi connectivity index (χ4v) is 1.78. The van der Waals surface area contributed by atoms with E-state index in [2.05, 4.69) is 0 Å². The van der Waals surface area contributed by atoms with E-state index in [1.165, 1.54) is 24.0 Å². The van der Waals surface area contributed by atoms with Gasteiger partial charge in [-0.3, -0.25) is 0 Å². The summed E-state index contributed by atoms with van der Waals surface area (Å²) in [5.41, 5.74) is -0.504. The van der Waals surface area contributed by atoms with Crippen molar-refractivity contribution in [3.63, 3.8) is 0 Å². The van der Waals surface area contributed by atoms with E-state index in [-0.39, 0.29) is 5.69 Å². The van der Waals surface area contributed by atoms with E-state index in [0.717, 1.165) is 12.1 Å². The van der Waals surface area contributed by atoms with Gasteiger partial charge in [-0.15, -0.1) is 0 Å². The molecule has 19 heavy (non-hydrogen) atoms. The number of hydrogen-bond acceptors (Lipinski definition) is 2. The normalized spacial score (nSPS) is 13.1. The summed E-state index contributed by atoms with van der Waals surface area (Å²) < 4.78 is 37.9. The third kappa shape index (κ3) is 3.87. The Morgan fingerprint density at radius 3 is 2.53 bits per heavy atom. The molecule has 0 aliphatic rings. The molecular weight excluding hydrogens is 259 g/mol. The first-order valence-electron chi connectivity index (χ1n) is 5.94. The Bertz CT molecular complexity index is 446. The Balaban J connectivity index is 3.13. The van der Waals surface area contributed by atoms with Gasteiger partial charge in [-0.2, -0.15) is 13.2 Å². The Morgan fingerprint density at radius 1 is 1.42 bits per heavy atom. The fraction of sp³-hybridized carbons (Fsp3) is 0.462. The van der Waals surface area contributed by atoms with Crippen molar-refractivity contribution in [2.75, 3.05) is 11.4 Å². The first-order chi connectivity index (χ1) is 8.77. The van der Waals surface area contributed by atoms with Crippen LogP contribution >= 0.6 is 0 Å². The van der Waals surface area contributed by atoms with Crippen LogP contribution in [0.15, 0.2) is 24.3 Å². The van der Waals surface area contributed by atoms with Crippen LogP contribution in [0, 0.1) is 0 Å². The fourth-order valence-electron chi connectivity index (χ4n) is 1.78. The zero-order valence-corrected chi connectivity index (χ0v) is 10.7. The van der Waals surface area contributed by atoms with Gasteiger partial charge in [0.2, 0.25) is 0 Å². The van der Waals surface area contributed by atoms with E-state index >= 15 is 0 Å². The number of hydrogen-bond donors (Lipinski definition) is 1. The molecule has 0 aromatic heterocycles. The molecule has 0 saturated carbocycles. The van der Waals surface area contributed by atoms with Crippen LogP contribution in [0.25, 0.3) is 0 Å². The lowest BCUT2D eigenvalue weighted by Crippen LogP contribution is -2.39. The Morgan fingerprint density at radius 2 is 2.05 bits per heavy atom. The van der Waals surface area contributed by atoms with Gasteiger partial charge in [0.1, 0.15) is 6.04 Å². The molecule has 3 nitrogen and oxygen atoms in total. The van der Waals surface area contributed by atoms with Gasteiger partial charge in [0.25, 0.3) is 0 Å². The number of alkyl halides is 3. The second kappa shape index (κ2) is 5.95. The second-order valence-electron chi connectivity index (χ2n) is 4.26. The molecule has 0 bridgehead atoms. The lowest BCUT2D eigenvalue weighted by atomic mass is 10.1. The summed E-state index contributed by atoms with van der Waals surface area (Å²) in [4.78, 5) is 12.5. The molecular formula is C13H16F3NO2. The third-order valence-corrected chi connectivity index (χ3v) is 2.79. The van der Waals surface area contributed by atoms with Crippen molar-refractivity contribution in [1.29, 1.82) is 0 Å². The SMILES string of the molecule is CCCN(c1cccc(C(F)(F)F)c1)[C@H](C)C(=O)O. The van der Waals surface area contributed by atoms with Crippen LogP contribution in [0.1, 0.15) is 25.8 Å². The third-order valence-electron chi connectivity index (χ3n) is 2.79. The average molecular weight is 275 g/mol. The summed E-state index contributed by atoms with van der Waals surface area (Å²) in [5, 5.41) is 9.01. The molecule has 0 spiro atoms. The van der Waals surface area contributed by atoms with Crippen LogP contribution in [0.4, 0.5) is 18.9 Å². The lowest BCUT2D eigenvalue weighted by Gasteiger charge is -2.28. The van der Waals surface area contributed by atoms with Gasteiger partial charge in [-0.25, -0.2) is 4.79 Å². The molecule has 0 fully saturated rings. The minimum absolute atomic E-state index is 0.270. The summed E-state index contributed by atoms with van der Waals surface area (Å²) in [6.45, 7) is 3.68. The van der Waals surface area contributed by atoms with Gasteiger partial charge >= 0.3 is 12.1 Å². The summed E-state index contributed by atoms with van der Waals surface area (Å²) in [6, 6.07) is 3.86. The van der Waals surface area contributed by atoms with Gasteiger partial charge in [-0.05, 0) is 31.5 Å². The minimum atomic E-state index is -4.43. The Kier molecular flexibility index (Phi) is 4.80. The van der Waals surface area contributed by atoms with Crippen molar-refractivity contribution in [3.8, 4) is 0 Å². The number of carboxylic acid groups (broad SMARTS) is 1. The van der Waals surface area contributed by atoms with E-state index in [0.29, 0.717) is 13.0 Å². The number of carbonyl (C=O) groups is 1. The number of rotatable bonds is 5. The molecule has 0 aliphatic heterocycles. The first-order valence-corrected chi connectivity index (χ1v) is 5.94. The van der Waals surface area contributed by atoms with Crippen molar-refractivity contribution in [2.24, 2.45) is 0 Å². The van der Waals surface area contributed by atoms with Crippen molar-refractivity contribution >= 4 is 11.7 Å². The molecule has 1 aromatic carbocycles. The molecule has 0 unspecified atom stereocenters. The van der Waals surface area contributed by atoms with Crippen LogP contribution in [0.2, 0.25) is 0 Å². The number of anilines is 1. The Hall–Kier alpha value is -1.72. The zero-order valence-electron chi connectivity index (χ0n) is 10.7. The quantitative estimate of drug-likeness (QED) is 0.895. The lowest BCUT2D eigenvalue weighted by molar-refractivity contribution is -0.138. The average Bonchev–Trinajstić information content (AvgIpc) is 2.34. The van der Waals surface area contributed by atoms with Crippen molar-refractivity contribution in [3.05, 3.63) is 29.8 Å². The maximum atomic E-state index is 12.6. The van der Waals surface area contributed by atoms with Gasteiger partial charge in [-0.1, -0.05) is 13.0 Å². The van der Waals surface area contributed by atoms with Crippen molar-refractivity contribution in [1.82, 2.24) is 0 Å². The summed E-state index contributed by atoms with van der Waals surface area (Å²) in [5.74, 6) is -1.06. The highest BCUT2D eigenvalue weighted by Crippen LogP contribution is 2.32. The van der Waals surface area contributed by atoms with Crippen LogP contribution in [0.5, 0.6) is 0 Å². The number of nitrogens with zero attached hydrogens (tertiary/aromatic N) is 1. The number of aliphatic carboxylic acids is 1. The standard InChI is InChI=1S/C13H16F3NO2/c1-3-7-17(9(2)12(18)19)11-6-4-5-10(8-11)13(14,15)16/h4-6,8-9H,3,7H2,1-2H3,(H,18,19)/t9-/m1/s1. The van der Waals surface area contributed by atoms with E-state index < -0.39 is 23.8 Å². The van der Waals surface area contributed by atoms with Crippen LogP contribution in [-0.4, -0.2) is 23.7 Å². The van der Waals surface area contributed by atoms with Gasteiger partial charge in [0, 0.05) is 12.2 Å². The summed E-state index contributed by atoms with van der Waals surface area (Å²) in [7, 11) is 0. The molecule has 0 amide bonds. The zero-order chi connectivity index (χ0) is 14.6. The largest absolute Gasteiger partial charge is 0.480 e. The van der Waals surface area contributed by atoms with Gasteiger partial charge in [0.15, 0.2) is 0 Å². The first kappa shape index (κ1) is 15.3. The van der Waals surface area contributed by atoms with E-state index in [9.17, 15) is 18.0 Å². The summed E-state index contributed by atoms with van der Waals surface area (Å²) >= 11 is 0.